The fourth-order valence-corrected chi connectivity index (χ4v) is 3.62. The molecule has 1 fully saturated rings. The fourth-order valence-electron chi connectivity index (χ4n) is 3.62. The van der Waals surface area contributed by atoms with E-state index in [2.05, 4.69) is 52.1 Å². The minimum Gasteiger partial charge on any atom is -0.467 e. The zero-order valence-electron chi connectivity index (χ0n) is 17.6. The summed E-state index contributed by atoms with van der Waals surface area (Å²) in [5.41, 5.74) is 4.34. The van der Waals surface area contributed by atoms with Crippen LogP contribution >= 0.6 is 0 Å². The molecule has 3 aromatic rings. The highest BCUT2D eigenvalue weighted by molar-refractivity contribution is 5.91. The third-order valence-electron chi connectivity index (χ3n) is 5.59. The van der Waals surface area contributed by atoms with E-state index in [-0.39, 0.29) is 5.91 Å². The molecule has 1 aliphatic rings. The third kappa shape index (κ3) is 5.17. The summed E-state index contributed by atoms with van der Waals surface area (Å²) >= 11 is 0. The van der Waals surface area contributed by atoms with E-state index in [1.807, 2.05) is 6.07 Å². The maximum Gasteiger partial charge on any atom is 0.273 e. The lowest BCUT2D eigenvalue weighted by Gasteiger charge is -2.34. The summed E-state index contributed by atoms with van der Waals surface area (Å²) in [5, 5.41) is 2.78. The summed E-state index contributed by atoms with van der Waals surface area (Å²) in [4.78, 5) is 21.3. The Balaban J connectivity index is 1.23. The molecule has 4 rings (SSSR count). The molecule has 2 aromatic heterocycles. The van der Waals surface area contributed by atoms with Gasteiger partial charge < -0.3 is 14.2 Å². The Hall–Kier alpha value is -2.90. The highest BCUT2D eigenvalue weighted by Gasteiger charge is 2.20. The Bertz CT molecular complexity index is 972. The van der Waals surface area contributed by atoms with Crippen LogP contribution in [-0.2, 0) is 19.6 Å². The van der Waals surface area contributed by atoms with Crippen molar-refractivity contribution < 1.29 is 13.6 Å². The van der Waals surface area contributed by atoms with Gasteiger partial charge >= 0.3 is 0 Å². The number of carbonyl (C=O) groups is 1. The van der Waals surface area contributed by atoms with Crippen LogP contribution < -0.4 is 5.32 Å². The number of aryl methyl sites for hydroxylation is 2. The number of nitrogens with zero attached hydrogens (tertiary/aromatic N) is 3. The molecule has 0 spiro atoms. The maximum atomic E-state index is 12.2. The highest BCUT2D eigenvalue weighted by Crippen LogP contribution is 2.15. The van der Waals surface area contributed by atoms with Crippen LogP contribution in [0.25, 0.3) is 0 Å². The number of nitrogens with one attached hydrogen (secondary N) is 1. The molecule has 1 aliphatic heterocycles. The lowest BCUT2D eigenvalue weighted by molar-refractivity contribution is 0.0942. The first kappa shape index (κ1) is 20.4. The average molecular weight is 409 g/mol. The first-order chi connectivity index (χ1) is 14.6. The molecular weight excluding hydrogens is 380 g/mol. The van der Waals surface area contributed by atoms with Gasteiger partial charge in [-0.15, -0.1) is 0 Å². The topological polar surface area (TPSA) is 74.8 Å². The molecule has 158 valence electrons. The zero-order valence-corrected chi connectivity index (χ0v) is 17.6. The number of furan rings is 1. The van der Waals surface area contributed by atoms with E-state index in [0.29, 0.717) is 30.4 Å². The minimum atomic E-state index is -0.264. The van der Waals surface area contributed by atoms with Gasteiger partial charge in [0.05, 0.1) is 19.4 Å². The van der Waals surface area contributed by atoms with E-state index in [1.54, 1.807) is 12.3 Å². The summed E-state index contributed by atoms with van der Waals surface area (Å²) in [7, 11) is 0. The van der Waals surface area contributed by atoms with Crippen molar-refractivity contribution in [1.29, 1.82) is 0 Å². The van der Waals surface area contributed by atoms with Gasteiger partial charge in [-0.25, -0.2) is 4.98 Å². The number of aromatic nitrogens is 1. The van der Waals surface area contributed by atoms with Crippen molar-refractivity contribution in [3.63, 3.8) is 0 Å². The monoisotopic (exact) mass is 408 g/mol. The number of hydrogen-bond acceptors (Lipinski definition) is 6. The van der Waals surface area contributed by atoms with Gasteiger partial charge in [0, 0.05) is 32.7 Å². The number of rotatable bonds is 7. The van der Waals surface area contributed by atoms with E-state index < -0.39 is 0 Å². The van der Waals surface area contributed by atoms with Crippen LogP contribution in [0.2, 0.25) is 0 Å². The number of piperazine rings is 1. The second-order valence-electron chi connectivity index (χ2n) is 7.86. The second kappa shape index (κ2) is 9.28. The van der Waals surface area contributed by atoms with Crippen molar-refractivity contribution in [2.75, 3.05) is 26.2 Å². The Morgan fingerprint density at radius 3 is 2.50 bits per heavy atom. The van der Waals surface area contributed by atoms with Crippen LogP contribution in [0.3, 0.4) is 0 Å². The van der Waals surface area contributed by atoms with Gasteiger partial charge in [-0.05, 0) is 42.7 Å². The van der Waals surface area contributed by atoms with Crippen molar-refractivity contribution >= 4 is 5.91 Å². The van der Waals surface area contributed by atoms with Gasteiger partial charge in [-0.1, -0.05) is 18.2 Å². The molecule has 1 aromatic carbocycles. The van der Waals surface area contributed by atoms with Crippen LogP contribution in [0.15, 0.2) is 51.7 Å². The lowest BCUT2D eigenvalue weighted by Crippen LogP contribution is -2.45. The Morgan fingerprint density at radius 2 is 1.80 bits per heavy atom. The van der Waals surface area contributed by atoms with Gasteiger partial charge in [0.2, 0.25) is 5.89 Å². The smallest absolute Gasteiger partial charge is 0.273 e. The summed E-state index contributed by atoms with van der Waals surface area (Å²) in [6, 6.07) is 10.3. The average Bonchev–Trinajstić information content (AvgIpc) is 3.43. The normalized spacial score (nSPS) is 15.4. The molecule has 0 radical (unpaired) electrons. The van der Waals surface area contributed by atoms with E-state index in [1.165, 1.54) is 23.0 Å². The second-order valence-corrected chi connectivity index (χ2v) is 7.86. The molecule has 7 nitrogen and oxygen atoms in total. The molecule has 0 unspecified atom stereocenters. The van der Waals surface area contributed by atoms with E-state index in [0.717, 1.165) is 32.7 Å². The molecule has 0 saturated carbocycles. The molecule has 0 atom stereocenters. The number of carbonyl (C=O) groups excluding carboxylic acids is 1. The number of hydrogen-bond donors (Lipinski definition) is 1. The molecule has 0 aliphatic carbocycles. The van der Waals surface area contributed by atoms with Crippen LogP contribution in [0, 0.1) is 13.8 Å². The molecule has 3 heterocycles. The SMILES string of the molecule is Cc1ccc(CN2CCN(Cc3nc(C(=O)NCc4ccco4)co3)CC2)cc1C. The largest absolute Gasteiger partial charge is 0.467 e. The van der Waals surface area contributed by atoms with Crippen LogP contribution in [-0.4, -0.2) is 46.9 Å². The van der Waals surface area contributed by atoms with Crippen molar-refractivity contribution in [2.24, 2.45) is 0 Å². The standard InChI is InChI=1S/C23H28N4O3/c1-17-5-6-19(12-18(17)2)14-26-7-9-27(10-8-26)15-22-25-21(16-30-22)23(28)24-13-20-4-3-11-29-20/h3-6,11-12,16H,7-10,13-15H2,1-2H3,(H,24,28). The number of benzene rings is 1. The van der Waals surface area contributed by atoms with Gasteiger partial charge in [0.1, 0.15) is 12.0 Å². The summed E-state index contributed by atoms with van der Waals surface area (Å²) in [5.74, 6) is 1.01. The van der Waals surface area contributed by atoms with Gasteiger partial charge in [0.25, 0.3) is 5.91 Å². The molecule has 30 heavy (non-hydrogen) atoms. The third-order valence-corrected chi connectivity index (χ3v) is 5.59. The highest BCUT2D eigenvalue weighted by atomic mass is 16.3. The number of oxazole rings is 1. The molecular formula is C23H28N4O3. The molecule has 1 N–H and O–H groups in total. The Morgan fingerprint density at radius 1 is 1.03 bits per heavy atom. The molecule has 1 amide bonds. The van der Waals surface area contributed by atoms with Gasteiger partial charge in [0.15, 0.2) is 5.69 Å². The van der Waals surface area contributed by atoms with Crippen LogP contribution in [0.4, 0.5) is 0 Å². The Labute approximate surface area is 176 Å². The Kier molecular flexibility index (Phi) is 6.30. The van der Waals surface area contributed by atoms with E-state index in [9.17, 15) is 4.79 Å². The van der Waals surface area contributed by atoms with E-state index >= 15 is 0 Å². The van der Waals surface area contributed by atoms with Crippen molar-refractivity contribution in [3.05, 3.63) is 76.9 Å². The first-order valence-corrected chi connectivity index (χ1v) is 10.3. The van der Waals surface area contributed by atoms with Gasteiger partial charge in [-0.2, -0.15) is 0 Å². The van der Waals surface area contributed by atoms with Crippen molar-refractivity contribution in [1.82, 2.24) is 20.1 Å². The summed E-state index contributed by atoms with van der Waals surface area (Å²) < 4.78 is 10.7. The predicted octanol–water partition coefficient (Wildman–Crippen LogP) is 3.13. The predicted molar refractivity (Wildman–Crippen MR) is 113 cm³/mol. The molecule has 0 bridgehead atoms. The molecule has 1 saturated heterocycles. The van der Waals surface area contributed by atoms with Crippen molar-refractivity contribution in [3.8, 4) is 0 Å². The minimum absolute atomic E-state index is 0.264. The van der Waals surface area contributed by atoms with Gasteiger partial charge in [-0.3, -0.25) is 14.6 Å². The maximum absolute atomic E-state index is 12.2. The summed E-state index contributed by atoms with van der Waals surface area (Å²) in [6.07, 6.45) is 3.00. The van der Waals surface area contributed by atoms with Crippen LogP contribution in [0.5, 0.6) is 0 Å². The fraction of sp³-hybridized carbons (Fsp3) is 0.391. The lowest BCUT2D eigenvalue weighted by atomic mass is 10.1. The number of amides is 1. The molecule has 7 heteroatoms. The quantitative estimate of drug-likeness (QED) is 0.647. The summed E-state index contributed by atoms with van der Waals surface area (Å²) in [6.45, 7) is 10.1. The zero-order chi connectivity index (χ0) is 20.9. The van der Waals surface area contributed by atoms with Crippen LogP contribution in [0.1, 0.15) is 38.8 Å². The van der Waals surface area contributed by atoms with Crippen molar-refractivity contribution in [2.45, 2.75) is 33.5 Å². The van der Waals surface area contributed by atoms with E-state index in [4.69, 9.17) is 8.83 Å². The first-order valence-electron chi connectivity index (χ1n) is 10.3.